The van der Waals surface area contributed by atoms with Gasteiger partial charge in [-0.2, -0.15) is 0 Å². The van der Waals surface area contributed by atoms with Crippen molar-refractivity contribution in [3.63, 3.8) is 0 Å². The second-order valence-corrected chi connectivity index (χ2v) is 26.1. The molecule has 4 aromatic rings. The Morgan fingerprint density at radius 3 is 1.56 bits per heavy atom. The van der Waals surface area contributed by atoms with E-state index in [1.807, 2.05) is 24.3 Å². The van der Waals surface area contributed by atoms with Crippen LogP contribution in [0.3, 0.4) is 0 Å². The predicted octanol–water partition coefficient (Wildman–Crippen LogP) is 10.2. The molecule has 310 valence electrons. The fraction of sp³-hybridized carbons (Fsp3) is 0.510. The van der Waals surface area contributed by atoms with Crippen LogP contribution in [0.2, 0.25) is 23.2 Å². The molecule has 8 heteroatoms. The van der Waals surface area contributed by atoms with Gasteiger partial charge in [0, 0.05) is 6.61 Å². The van der Waals surface area contributed by atoms with Gasteiger partial charge in [-0.15, -0.1) is 0 Å². The lowest BCUT2D eigenvalue weighted by molar-refractivity contribution is -0.172. The Hall–Kier alpha value is -2.93. The lowest BCUT2D eigenvalue weighted by Crippen LogP contribution is -2.66. The van der Waals surface area contributed by atoms with Gasteiger partial charge in [-0.25, -0.2) is 0 Å². The summed E-state index contributed by atoms with van der Waals surface area (Å²) >= 11 is 0. The Bertz CT molecular complexity index is 1650. The minimum absolute atomic E-state index is 0.0444. The van der Waals surface area contributed by atoms with Crippen molar-refractivity contribution in [3.05, 3.63) is 132 Å². The van der Waals surface area contributed by atoms with Crippen LogP contribution in [0, 0.1) is 0 Å². The number of aliphatic hydroxyl groups is 1. The number of benzene rings is 4. The summed E-state index contributed by atoms with van der Waals surface area (Å²) < 4.78 is 34.9. The predicted molar refractivity (Wildman–Crippen MR) is 239 cm³/mol. The van der Waals surface area contributed by atoms with Crippen LogP contribution in [0.5, 0.6) is 0 Å². The number of ether oxygens (including phenoxy) is 3. The molecule has 5 rings (SSSR count). The Balaban J connectivity index is 1.36. The number of unbranched alkanes of at least 4 members (excludes halogenated alkanes) is 3. The van der Waals surface area contributed by atoms with Crippen LogP contribution in [0.1, 0.15) is 91.7 Å². The molecule has 0 aliphatic carbocycles. The van der Waals surface area contributed by atoms with Gasteiger partial charge in [-0.3, -0.25) is 0 Å². The van der Waals surface area contributed by atoms with Gasteiger partial charge < -0.3 is 28.2 Å². The molecule has 0 aromatic heterocycles. The molecule has 1 fully saturated rings. The zero-order valence-electron chi connectivity index (χ0n) is 35.8. The van der Waals surface area contributed by atoms with Crippen molar-refractivity contribution in [2.24, 2.45) is 0 Å². The summed E-state index contributed by atoms with van der Waals surface area (Å²) in [7, 11) is -4.70. The van der Waals surface area contributed by atoms with E-state index in [-0.39, 0.29) is 23.9 Å². The average Bonchev–Trinajstić information content (AvgIpc) is 4.03. The summed E-state index contributed by atoms with van der Waals surface area (Å²) in [5.74, 6) is 0. The largest absolute Gasteiger partial charge is 0.409 e. The van der Waals surface area contributed by atoms with Crippen molar-refractivity contribution >= 4 is 27.0 Å². The van der Waals surface area contributed by atoms with E-state index in [4.69, 9.17) is 23.1 Å². The van der Waals surface area contributed by atoms with Gasteiger partial charge in [-0.05, 0) is 64.4 Å². The van der Waals surface area contributed by atoms with E-state index in [0.717, 1.165) is 68.0 Å². The summed E-state index contributed by atoms with van der Waals surface area (Å²) in [6, 6.07) is 45.6. The molecule has 1 saturated heterocycles. The summed E-state index contributed by atoms with van der Waals surface area (Å²) in [6.45, 7) is 17.7. The maximum absolute atomic E-state index is 10.2. The molecule has 0 bridgehead atoms. The van der Waals surface area contributed by atoms with Crippen LogP contribution in [0.25, 0.3) is 0 Å². The SMILES string of the molecule is CC[Si](CC)(CC)O[C@](C)(CCCCCCO[Si](c1ccccc1)(c1ccccc1)C(C)(C)C)[C@H](OCc1ccccc1)[C@@H](OCc1ccccc1)[C@@H]1O[C@@H]1CO. The van der Waals surface area contributed by atoms with E-state index >= 15 is 0 Å². The van der Waals surface area contributed by atoms with E-state index in [9.17, 15) is 5.11 Å². The van der Waals surface area contributed by atoms with Crippen molar-refractivity contribution in [1.82, 2.24) is 0 Å². The van der Waals surface area contributed by atoms with Crippen LogP contribution in [-0.2, 0) is 36.3 Å². The Morgan fingerprint density at radius 2 is 1.11 bits per heavy atom. The average molecular weight is 811 g/mol. The number of epoxide rings is 1. The highest BCUT2D eigenvalue weighted by Crippen LogP contribution is 2.41. The zero-order chi connectivity index (χ0) is 40.8. The summed E-state index contributed by atoms with van der Waals surface area (Å²) in [5, 5.41) is 12.8. The normalized spacial score (nSPS) is 18.2. The number of aliphatic hydroxyl groups excluding tert-OH is 1. The van der Waals surface area contributed by atoms with Gasteiger partial charge in [-0.1, -0.05) is 182 Å². The second-order valence-electron chi connectivity index (χ2n) is 17.1. The number of hydrogen-bond acceptors (Lipinski definition) is 6. The third-order valence-electron chi connectivity index (χ3n) is 12.3. The molecule has 1 heterocycles. The summed E-state index contributed by atoms with van der Waals surface area (Å²) in [6.07, 6.45) is 3.54. The lowest BCUT2D eigenvalue weighted by Gasteiger charge is -2.47. The van der Waals surface area contributed by atoms with Gasteiger partial charge in [0.1, 0.15) is 24.4 Å². The summed E-state index contributed by atoms with van der Waals surface area (Å²) in [4.78, 5) is 0. The molecule has 0 amide bonds. The first-order valence-corrected chi connectivity index (χ1v) is 26.0. The Labute approximate surface area is 346 Å². The fourth-order valence-corrected chi connectivity index (χ4v) is 16.5. The first kappa shape index (κ1) is 45.2. The molecule has 0 radical (unpaired) electrons. The van der Waals surface area contributed by atoms with Crippen LogP contribution >= 0.6 is 0 Å². The van der Waals surface area contributed by atoms with Crippen molar-refractivity contribution in [2.75, 3.05) is 13.2 Å². The first-order chi connectivity index (χ1) is 27.5. The highest BCUT2D eigenvalue weighted by molar-refractivity contribution is 6.99. The van der Waals surface area contributed by atoms with Crippen molar-refractivity contribution in [1.29, 1.82) is 0 Å². The van der Waals surface area contributed by atoms with E-state index in [1.165, 1.54) is 10.4 Å². The first-order valence-electron chi connectivity index (χ1n) is 21.6. The molecule has 0 spiro atoms. The van der Waals surface area contributed by atoms with Crippen molar-refractivity contribution in [2.45, 2.75) is 147 Å². The van der Waals surface area contributed by atoms with Crippen molar-refractivity contribution in [3.8, 4) is 0 Å². The molecule has 5 atom stereocenters. The summed E-state index contributed by atoms with van der Waals surface area (Å²) in [5.41, 5.74) is 1.56. The fourth-order valence-electron chi connectivity index (χ4n) is 8.72. The molecule has 57 heavy (non-hydrogen) atoms. The second kappa shape index (κ2) is 21.4. The third kappa shape index (κ3) is 11.6. The minimum atomic E-state index is -2.57. The minimum Gasteiger partial charge on any atom is -0.409 e. The lowest BCUT2D eigenvalue weighted by atomic mass is 9.87. The standard InChI is InChI=1S/C49H70O6Si2/c1-8-56(9-2,10-3)55-49(7,35-25-11-12-26-36-53-57(48(4,5)6,42-31-21-15-22-32-42)43-33-23-16-24-34-43)47(52-39-41-29-19-14-20-30-41)46(45-44(37-50)54-45)51-38-40-27-17-13-18-28-40/h13-24,27-34,44-47,50H,8-12,25-26,35-39H2,1-7H3/t44-,45-,46+,47-,49-/m1/s1. The van der Waals surface area contributed by atoms with Crippen LogP contribution in [-0.4, -0.2) is 65.0 Å². The van der Waals surface area contributed by atoms with Crippen LogP contribution < -0.4 is 10.4 Å². The zero-order valence-corrected chi connectivity index (χ0v) is 37.8. The molecule has 0 unspecified atom stereocenters. The quantitative estimate of drug-likeness (QED) is 0.0409. The van der Waals surface area contributed by atoms with Crippen LogP contribution in [0.4, 0.5) is 0 Å². The highest BCUT2D eigenvalue weighted by atomic mass is 28.4. The number of hydrogen-bond donors (Lipinski definition) is 1. The molecular weight excluding hydrogens is 741 g/mol. The number of rotatable bonds is 25. The molecule has 4 aromatic carbocycles. The highest BCUT2D eigenvalue weighted by Gasteiger charge is 2.55. The Morgan fingerprint density at radius 1 is 0.632 bits per heavy atom. The van der Waals surface area contributed by atoms with Gasteiger partial charge in [0.2, 0.25) is 0 Å². The van der Waals surface area contributed by atoms with E-state index in [0.29, 0.717) is 13.2 Å². The van der Waals surface area contributed by atoms with Gasteiger partial charge in [0.25, 0.3) is 8.32 Å². The topological polar surface area (TPSA) is 69.7 Å². The van der Waals surface area contributed by atoms with E-state index in [1.54, 1.807) is 0 Å². The van der Waals surface area contributed by atoms with Gasteiger partial charge >= 0.3 is 0 Å². The Kier molecular flexibility index (Phi) is 16.9. The smallest absolute Gasteiger partial charge is 0.261 e. The molecule has 1 aliphatic rings. The maximum atomic E-state index is 10.2. The maximum Gasteiger partial charge on any atom is 0.261 e. The van der Waals surface area contributed by atoms with Crippen molar-refractivity contribution < 1.29 is 28.2 Å². The molecule has 1 N–H and O–H groups in total. The molecule has 6 nitrogen and oxygen atoms in total. The third-order valence-corrected chi connectivity index (χ3v) is 22.1. The monoisotopic (exact) mass is 810 g/mol. The van der Waals surface area contributed by atoms with Gasteiger partial charge in [0.05, 0.1) is 25.4 Å². The van der Waals surface area contributed by atoms with E-state index in [2.05, 4.69) is 146 Å². The van der Waals surface area contributed by atoms with Gasteiger partial charge in [0.15, 0.2) is 8.32 Å². The molecular formula is C49H70O6Si2. The van der Waals surface area contributed by atoms with Crippen LogP contribution in [0.15, 0.2) is 121 Å². The van der Waals surface area contributed by atoms with E-state index < -0.39 is 34.4 Å². The molecule has 1 aliphatic heterocycles. The molecule has 0 saturated carbocycles.